The Kier molecular flexibility index (Phi) is 5.05. The number of fused-ring (bicyclic) bond motifs is 1. The molecule has 0 bridgehead atoms. The molecule has 0 fully saturated rings. The van der Waals surface area contributed by atoms with Crippen LogP contribution in [0.1, 0.15) is 34.3 Å². The molecule has 0 aliphatic heterocycles. The monoisotopic (exact) mass is 404 g/mol. The molecule has 29 heavy (non-hydrogen) atoms. The number of carbonyl (C=O) groups excluding carboxylic acids is 2. The van der Waals surface area contributed by atoms with Crippen molar-refractivity contribution >= 4 is 22.8 Å². The number of rotatable bonds is 7. The van der Waals surface area contributed by atoms with Crippen molar-refractivity contribution in [2.75, 3.05) is 6.61 Å². The highest BCUT2D eigenvalue weighted by molar-refractivity contribution is 6.10. The summed E-state index contributed by atoms with van der Waals surface area (Å²) in [7, 11) is 1.55. The minimum atomic E-state index is -1.62. The fourth-order valence-corrected chi connectivity index (χ4v) is 3.28. The number of benzene rings is 1. The highest BCUT2D eigenvalue weighted by atomic mass is 19.1. The third-order valence-electron chi connectivity index (χ3n) is 5.03. The van der Waals surface area contributed by atoms with Gasteiger partial charge >= 0.3 is 0 Å². The second kappa shape index (κ2) is 7.21. The summed E-state index contributed by atoms with van der Waals surface area (Å²) < 4.78 is 26.6. The fraction of sp³-hybridized carbons (Fsp3) is 0.316. The summed E-state index contributed by atoms with van der Waals surface area (Å²) in [5.41, 5.74) is 10.1. The van der Waals surface area contributed by atoms with Gasteiger partial charge in [0.2, 0.25) is 5.91 Å². The van der Waals surface area contributed by atoms with Crippen molar-refractivity contribution in [3.8, 4) is 5.75 Å². The summed E-state index contributed by atoms with van der Waals surface area (Å²) in [6, 6.07) is 3.03. The molecular formula is C19H21FN4O5. The van der Waals surface area contributed by atoms with Crippen molar-refractivity contribution < 1.29 is 28.2 Å². The van der Waals surface area contributed by atoms with Crippen molar-refractivity contribution in [2.24, 2.45) is 18.5 Å². The number of amides is 2. The predicted octanol–water partition coefficient (Wildman–Crippen LogP) is 1.03. The Morgan fingerprint density at radius 1 is 1.38 bits per heavy atom. The van der Waals surface area contributed by atoms with Crippen LogP contribution in [0.15, 0.2) is 22.7 Å². The summed E-state index contributed by atoms with van der Waals surface area (Å²) in [6.07, 6.45) is 1.05. The number of ether oxygens (including phenoxy) is 1. The number of hydrogen-bond acceptors (Lipinski definition) is 6. The molecule has 0 aliphatic carbocycles. The maximum atomic E-state index is 13.9. The average Bonchev–Trinajstić information content (AvgIpc) is 3.16. The summed E-state index contributed by atoms with van der Waals surface area (Å²) in [5.74, 6) is -1.82. The van der Waals surface area contributed by atoms with Crippen LogP contribution in [0.5, 0.6) is 5.75 Å². The van der Waals surface area contributed by atoms with E-state index in [9.17, 15) is 19.1 Å². The lowest BCUT2D eigenvalue weighted by Gasteiger charge is -2.27. The van der Waals surface area contributed by atoms with E-state index in [-0.39, 0.29) is 45.9 Å². The second-order valence-corrected chi connectivity index (χ2v) is 6.92. The Labute approximate surface area is 165 Å². The first kappa shape index (κ1) is 20.3. The molecule has 0 spiro atoms. The molecule has 2 amide bonds. The zero-order valence-electron chi connectivity index (χ0n) is 16.2. The van der Waals surface area contributed by atoms with E-state index in [2.05, 4.69) is 5.10 Å². The quantitative estimate of drug-likeness (QED) is 0.536. The first-order valence-electron chi connectivity index (χ1n) is 8.68. The molecule has 3 rings (SSSR count). The van der Waals surface area contributed by atoms with Gasteiger partial charge in [0.05, 0.1) is 23.8 Å². The van der Waals surface area contributed by atoms with Crippen LogP contribution in [0.25, 0.3) is 11.0 Å². The molecule has 10 heteroatoms. The predicted molar refractivity (Wildman–Crippen MR) is 101 cm³/mol. The maximum Gasteiger partial charge on any atom is 0.252 e. The van der Waals surface area contributed by atoms with Crippen LogP contribution in [0, 0.1) is 12.7 Å². The van der Waals surface area contributed by atoms with Gasteiger partial charge in [-0.1, -0.05) is 0 Å². The molecular weight excluding hydrogens is 383 g/mol. The third kappa shape index (κ3) is 3.21. The van der Waals surface area contributed by atoms with Gasteiger partial charge in [-0.05, 0) is 26.0 Å². The molecule has 2 heterocycles. The average molecular weight is 404 g/mol. The number of furan rings is 1. The van der Waals surface area contributed by atoms with Gasteiger partial charge in [-0.3, -0.25) is 14.3 Å². The maximum absolute atomic E-state index is 13.9. The normalized spacial score (nSPS) is 13.4. The standard InChI is InChI=1S/C19H21FN4O5/c1-9-14(17(21)26)15-12(29-9)4-5-13(16(15)19(2,8-25)18(22)27)28-7-11-10(20)6-23-24(11)3/h4-6,25H,7-8H2,1-3H3,(H2,21,26)(H2,22,27). The second-order valence-electron chi connectivity index (χ2n) is 6.92. The molecule has 0 saturated carbocycles. The number of hydrogen-bond donors (Lipinski definition) is 3. The molecule has 1 aromatic carbocycles. The van der Waals surface area contributed by atoms with Crippen LogP contribution in [0.3, 0.4) is 0 Å². The minimum Gasteiger partial charge on any atom is -0.487 e. The van der Waals surface area contributed by atoms with Crippen LogP contribution >= 0.6 is 0 Å². The van der Waals surface area contributed by atoms with E-state index in [0.717, 1.165) is 6.20 Å². The zero-order valence-corrected chi connectivity index (χ0v) is 16.2. The van der Waals surface area contributed by atoms with E-state index in [1.807, 2.05) is 0 Å². The number of halogens is 1. The van der Waals surface area contributed by atoms with Crippen LogP contribution in [0.4, 0.5) is 4.39 Å². The molecule has 154 valence electrons. The lowest BCUT2D eigenvalue weighted by Crippen LogP contribution is -2.42. The number of nitrogens with zero attached hydrogens (tertiary/aromatic N) is 2. The number of aliphatic hydroxyl groups excluding tert-OH is 1. The number of aryl methyl sites for hydroxylation is 2. The first-order valence-corrected chi connectivity index (χ1v) is 8.68. The van der Waals surface area contributed by atoms with Crippen molar-refractivity contribution in [3.63, 3.8) is 0 Å². The largest absolute Gasteiger partial charge is 0.487 e. The van der Waals surface area contributed by atoms with Crippen LogP contribution in [-0.4, -0.2) is 33.3 Å². The van der Waals surface area contributed by atoms with Gasteiger partial charge in [-0.15, -0.1) is 0 Å². The van der Waals surface area contributed by atoms with E-state index < -0.39 is 29.7 Å². The molecule has 1 atom stereocenters. The minimum absolute atomic E-state index is 0.0492. The van der Waals surface area contributed by atoms with E-state index in [1.54, 1.807) is 14.0 Å². The lowest BCUT2D eigenvalue weighted by molar-refractivity contribution is -0.124. The molecule has 3 aromatic rings. The van der Waals surface area contributed by atoms with Crippen LogP contribution < -0.4 is 16.2 Å². The SMILES string of the molecule is Cc1oc2ccc(OCc3c(F)cnn3C)c(C(C)(CO)C(N)=O)c2c1C(N)=O. The van der Waals surface area contributed by atoms with Crippen molar-refractivity contribution in [3.05, 3.63) is 46.7 Å². The Morgan fingerprint density at radius 2 is 2.07 bits per heavy atom. The molecule has 0 saturated heterocycles. The first-order chi connectivity index (χ1) is 13.6. The lowest BCUT2D eigenvalue weighted by atomic mass is 9.79. The van der Waals surface area contributed by atoms with Crippen molar-refractivity contribution in [2.45, 2.75) is 25.9 Å². The Morgan fingerprint density at radius 3 is 2.59 bits per heavy atom. The summed E-state index contributed by atoms with van der Waals surface area (Å²) in [4.78, 5) is 24.3. The highest BCUT2D eigenvalue weighted by Crippen LogP contribution is 2.41. The number of carbonyl (C=O) groups is 2. The summed E-state index contributed by atoms with van der Waals surface area (Å²) in [6.45, 7) is 2.08. The van der Waals surface area contributed by atoms with Gasteiger partial charge in [0.15, 0.2) is 5.82 Å². The van der Waals surface area contributed by atoms with Crippen molar-refractivity contribution in [1.29, 1.82) is 0 Å². The molecule has 1 unspecified atom stereocenters. The van der Waals surface area contributed by atoms with Gasteiger partial charge < -0.3 is 25.7 Å². The molecule has 9 nitrogen and oxygen atoms in total. The summed E-state index contributed by atoms with van der Waals surface area (Å²) in [5, 5.41) is 14.0. The number of aliphatic hydroxyl groups is 1. The van der Waals surface area contributed by atoms with Gasteiger partial charge in [-0.2, -0.15) is 5.10 Å². The molecule has 0 aliphatic rings. The van der Waals surface area contributed by atoms with Gasteiger partial charge in [-0.25, -0.2) is 4.39 Å². The third-order valence-corrected chi connectivity index (χ3v) is 5.03. The van der Waals surface area contributed by atoms with Gasteiger partial charge in [0.25, 0.3) is 5.91 Å². The van der Waals surface area contributed by atoms with Gasteiger partial charge in [0.1, 0.15) is 29.4 Å². The molecule has 0 radical (unpaired) electrons. The van der Waals surface area contributed by atoms with Crippen molar-refractivity contribution in [1.82, 2.24) is 9.78 Å². The van der Waals surface area contributed by atoms with Crippen LogP contribution in [-0.2, 0) is 23.9 Å². The van der Waals surface area contributed by atoms with Gasteiger partial charge in [0, 0.05) is 18.0 Å². The van der Waals surface area contributed by atoms with E-state index in [1.165, 1.54) is 23.7 Å². The smallest absolute Gasteiger partial charge is 0.252 e. The topological polar surface area (TPSA) is 147 Å². The van der Waals surface area contributed by atoms with E-state index >= 15 is 0 Å². The van der Waals surface area contributed by atoms with Crippen LogP contribution in [0.2, 0.25) is 0 Å². The molecule has 5 N–H and O–H groups in total. The summed E-state index contributed by atoms with van der Waals surface area (Å²) >= 11 is 0. The number of nitrogens with two attached hydrogens (primary N) is 2. The number of aromatic nitrogens is 2. The molecule has 2 aromatic heterocycles. The number of primary amides is 2. The Hall–Kier alpha value is -3.40. The Bertz CT molecular complexity index is 1100. The zero-order chi connectivity index (χ0) is 21.5. The highest BCUT2D eigenvalue weighted by Gasteiger charge is 2.39. The fourth-order valence-electron chi connectivity index (χ4n) is 3.28. The Balaban J connectivity index is 2.27. The van der Waals surface area contributed by atoms with E-state index in [0.29, 0.717) is 0 Å². The van der Waals surface area contributed by atoms with E-state index in [4.69, 9.17) is 20.6 Å².